The summed E-state index contributed by atoms with van der Waals surface area (Å²) in [5.41, 5.74) is 0. The van der Waals surface area contributed by atoms with Gasteiger partial charge in [0.25, 0.3) is 0 Å². The van der Waals surface area contributed by atoms with E-state index >= 15 is 0 Å². The zero-order valence-corrected chi connectivity index (χ0v) is 40.8. The molecule has 15 heteroatoms. The maximum absolute atomic E-state index is 12.8. The van der Waals surface area contributed by atoms with Crippen molar-refractivity contribution < 1.29 is 68.2 Å². The molecule has 0 aromatic rings. The Hall–Kier alpha value is -2.75. The first-order valence-corrected chi connectivity index (χ1v) is 26.3. The Morgan fingerprint density at radius 2 is 0.894 bits per heavy atom. The molecule has 1 aliphatic carbocycles. The van der Waals surface area contributed by atoms with Gasteiger partial charge in [0, 0.05) is 19.4 Å². The molecule has 1 saturated carbocycles. The van der Waals surface area contributed by atoms with Gasteiger partial charge in [0.15, 0.2) is 6.10 Å². The van der Waals surface area contributed by atoms with Gasteiger partial charge in [0.2, 0.25) is 0 Å². The van der Waals surface area contributed by atoms with Crippen LogP contribution in [0.2, 0.25) is 0 Å². The monoisotopic (exact) mass is 955 g/mol. The van der Waals surface area contributed by atoms with Crippen LogP contribution < -0.4 is 0 Å². The summed E-state index contributed by atoms with van der Waals surface area (Å²) in [4.78, 5) is 35.8. The number of hydrogen-bond acceptors (Lipinski definition) is 13. The molecule has 1 rings (SSSR count). The van der Waals surface area contributed by atoms with Gasteiger partial charge in [-0.25, -0.2) is 4.57 Å². The maximum Gasteiger partial charge on any atom is 0.472 e. The number of hydrogen-bond donors (Lipinski definition) is 7. The van der Waals surface area contributed by atoms with Gasteiger partial charge >= 0.3 is 19.8 Å². The fourth-order valence-electron chi connectivity index (χ4n) is 7.05. The molecule has 0 heterocycles. The number of allylic oxidation sites excluding steroid dienone is 12. The molecule has 0 aromatic carbocycles. The molecule has 14 nitrogen and oxygen atoms in total. The van der Waals surface area contributed by atoms with E-state index < -0.39 is 75.7 Å². The van der Waals surface area contributed by atoms with E-state index in [1.807, 2.05) is 12.2 Å². The molecule has 0 radical (unpaired) electrons. The minimum atomic E-state index is -5.14. The number of esters is 2. The third-order valence-corrected chi connectivity index (χ3v) is 12.1. The predicted molar refractivity (Wildman–Crippen MR) is 259 cm³/mol. The Labute approximate surface area is 396 Å². The van der Waals surface area contributed by atoms with E-state index in [1.165, 1.54) is 51.4 Å². The number of carbonyl (C=O) groups is 2. The number of phosphoric acid groups is 1. The molecule has 66 heavy (non-hydrogen) atoms. The lowest BCUT2D eigenvalue weighted by molar-refractivity contribution is -0.220. The number of aliphatic hydroxyl groups excluding tert-OH is 6. The van der Waals surface area contributed by atoms with Crippen LogP contribution in [0.4, 0.5) is 0 Å². The van der Waals surface area contributed by atoms with Gasteiger partial charge in [-0.3, -0.25) is 18.6 Å². The SMILES string of the molecule is CCCCC/C=C\C/C=C\CCCCCCCCCCCC(=O)O[C@H](COC(=O)CCC/C=C\C/C=C\C/C=C\C/C=C\CCCCCO)COP(=O)(O)OC1[C@H](O)[C@H](O)C(O)[C@H](O)[C@H]1O. The number of carbonyl (C=O) groups excluding carboxylic acids is 2. The standard InChI is InChI=1S/C51H87O14P/c1-2-3-4-5-6-7-8-9-10-11-12-14-18-21-24-27-30-33-36-39-45(54)64-43(42-63-66(60,61)65-51-49(58)47(56)46(55)48(57)50(51)59)41-62-44(53)38-35-32-29-26-23-20-17-15-13-16-19-22-25-28-31-34-37-40-52/h6-7,9-10,13,16-17,20,22,25-26,29,43,46-52,55-59H,2-5,8,11-12,14-15,18-19,21,23-24,27-28,30-42H2,1H3,(H,60,61)/b7-6-,10-9-,16-13-,20-17-,25-22-,29-26-/t43-,46?,47-,48+,49-,50-,51?/m1/s1. The van der Waals surface area contributed by atoms with Crippen LogP contribution in [-0.4, -0.2) is 110 Å². The van der Waals surface area contributed by atoms with Crippen LogP contribution in [0.3, 0.4) is 0 Å². The van der Waals surface area contributed by atoms with Gasteiger partial charge in [-0.2, -0.15) is 0 Å². The summed E-state index contributed by atoms with van der Waals surface area (Å²) in [6.45, 7) is 1.24. The van der Waals surface area contributed by atoms with E-state index in [0.717, 1.165) is 83.5 Å². The minimum absolute atomic E-state index is 0.0715. The fourth-order valence-corrected chi connectivity index (χ4v) is 8.03. The summed E-state index contributed by atoms with van der Waals surface area (Å²) in [5.74, 6) is -1.19. The van der Waals surface area contributed by atoms with E-state index in [-0.39, 0.29) is 19.4 Å². The first-order chi connectivity index (χ1) is 31.9. The largest absolute Gasteiger partial charge is 0.472 e. The average Bonchev–Trinajstić information content (AvgIpc) is 3.30. The van der Waals surface area contributed by atoms with E-state index in [0.29, 0.717) is 19.3 Å². The molecule has 7 N–H and O–H groups in total. The van der Waals surface area contributed by atoms with E-state index in [1.54, 1.807) is 0 Å². The molecule has 0 spiro atoms. The van der Waals surface area contributed by atoms with Crippen molar-refractivity contribution in [3.63, 3.8) is 0 Å². The summed E-state index contributed by atoms with van der Waals surface area (Å²) in [5, 5.41) is 59.0. The van der Waals surface area contributed by atoms with E-state index in [9.17, 15) is 44.6 Å². The molecule has 0 amide bonds. The normalized spacial score (nSPS) is 21.9. The second-order valence-corrected chi connectivity index (χ2v) is 18.4. The summed E-state index contributed by atoms with van der Waals surface area (Å²) >= 11 is 0. The lowest BCUT2D eigenvalue weighted by atomic mass is 9.85. The molecule has 8 atom stereocenters. The van der Waals surface area contributed by atoms with E-state index in [4.69, 9.17) is 23.6 Å². The molecule has 1 fully saturated rings. The zero-order chi connectivity index (χ0) is 48.5. The number of unbranched alkanes of at least 4 members (excludes halogenated alkanes) is 16. The highest BCUT2D eigenvalue weighted by molar-refractivity contribution is 7.47. The molecule has 0 aliphatic heterocycles. The Bertz CT molecular complexity index is 1430. The van der Waals surface area contributed by atoms with Crippen LogP contribution in [0.15, 0.2) is 72.9 Å². The van der Waals surface area contributed by atoms with Crippen molar-refractivity contribution in [2.75, 3.05) is 19.8 Å². The van der Waals surface area contributed by atoms with Gasteiger partial charge in [-0.1, -0.05) is 144 Å². The van der Waals surface area contributed by atoms with Gasteiger partial charge in [-0.15, -0.1) is 0 Å². The molecular formula is C51H87O14P. The first kappa shape index (κ1) is 61.3. The summed E-state index contributed by atoms with van der Waals surface area (Å²) < 4.78 is 33.5. The summed E-state index contributed by atoms with van der Waals surface area (Å²) in [6, 6.07) is 0. The lowest BCUT2D eigenvalue weighted by Crippen LogP contribution is -2.64. The van der Waals surface area contributed by atoms with Crippen LogP contribution in [-0.2, 0) is 32.7 Å². The summed E-state index contributed by atoms with van der Waals surface area (Å²) in [7, 11) is -5.14. The molecular weight excluding hydrogens is 868 g/mol. The van der Waals surface area contributed by atoms with Crippen molar-refractivity contribution in [2.45, 2.75) is 217 Å². The zero-order valence-electron chi connectivity index (χ0n) is 39.9. The van der Waals surface area contributed by atoms with Crippen LogP contribution in [0, 0.1) is 0 Å². The maximum atomic E-state index is 12.8. The molecule has 1 aliphatic rings. The Morgan fingerprint density at radius 3 is 1.38 bits per heavy atom. The van der Waals surface area contributed by atoms with Crippen molar-refractivity contribution in [1.82, 2.24) is 0 Å². The van der Waals surface area contributed by atoms with Crippen molar-refractivity contribution >= 4 is 19.8 Å². The van der Waals surface area contributed by atoms with Gasteiger partial charge in [0.05, 0.1) is 6.61 Å². The Balaban J connectivity index is 2.46. The Morgan fingerprint density at radius 1 is 0.500 bits per heavy atom. The van der Waals surface area contributed by atoms with Crippen LogP contribution in [0.5, 0.6) is 0 Å². The van der Waals surface area contributed by atoms with Gasteiger partial charge in [-0.05, 0) is 89.9 Å². The highest BCUT2D eigenvalue weighted by Crippen LogP contribution is 2.47. The van der Waals surface area contributed by atoms with Crippen molar-refractivity contribution in [1.29, 1.82) is 0 Å². The quantitative estimate of drug-likeness (QED) is 0.0131. The molecule has 0 aromatic heterocycles. The Kier molecular flexibility index (Phi) is 38.3. The van der Waals surface area contributed by atoms with Crippen molar-refractivity contribution in [3.05, 3.63) is 72.9 Å². The number of rotatable bonds is 41. The van der Waals surface area contributed by atoms with Crippen molar-refractivity contribution in [3.8, 4) is 0 Å². The smallest absolute Gasteiger partial charge is 0.462 e. The highest BCUT2D eigenvalue weighted by atomic mass is 31.2. The lowest BCUT2D eigenvalue weighted by Gasteiger charge is -2.41. The number of phosphoric ester groups is 1. The molecule has 3 unspecified atom stereocenters. The fraction of sp³-hybridized carbons (Fsp3) is 0.725. The van der Waals surface area contributed by atoms with E-state index in [2.05, 4.69) is 67.7 Å². The van der Waals surface area contributed by atoms with Crippen LogP contribution in [0.25, 0.3) is 0 Å². The topological polar surface area (TPSA) is 230 Å². The predicted octanol–water partition coefficient (Wildman–Crippen LogP) is 9.25. The second-order valence-electron chi connectivity index (χ2n) is 17.0. The third kappa shape index (κ3) is 32.9. The van der Waals surface area contributed by atoms with Crippen LogP contribution >= 0.6 is 7.82 Å². The third-order valence-electron chi connectivity index (χ3n) is 11.1. The molecule has 0 bridgehead atoms. The van der Waals surface area contributed by atoms with Gasteiger partial charge < -0.3 is 45.0 Å². The van der Waals surface area contributed by atoms with Gasteiger partial charge in [0.1, 0.15) is 43.2 Å². The van der Waals surface area contributed by atoms with Crippen molar-refractivity contribution in [2.24, 2.45) is 0 Å². The van der Waals surface area contributed by atoms with Crippen LogP contribution in [0.1, 0.15) is 174 Å². The molecule has 0 saturated heterocycles. The number of ether oxygens (including phenoxy) is 2. The number of aliphatic hydroxyl groups is 6. The summed E-state index contributed by atoms with van der Waals surface area (Å²) in [6.07, 6.45) is 36.7. The average molecular weight is 955 g/mol. The highest BCUT2D eigenvalue weighted by Gasteiger charge is 2.51. The minimum Gasteiger partial charge on any atom is -0.462 e. The molecule has 380 valence electrons. The second kappa shape index (κ2) is 41.2. The first-order valence-electron chi connectivity index (χ1n) is 24.8.